The van der Waals surface area contributed by atoms with Crippen molar-refractivity contribution in [3.63, 3.8) is 0 Å². The van der Waals surface area contributed by atoms with Gasteiger partial charge in [0.05, 0.1) is 0 Å². The van der Waals surface area contributed by atoms with E-state index in [1.807, 2.05) is 42.5 Å². The van der Waals surface area contributed by atoms with Crippen molar-refractivity contribution >= 4 is 17.2 Å². The van der Waals surface area contributed by atoms with Crippen LogP contribution in [0.5, 0.6) is 11.5 Å². The number of likely N-dealkylation sites (N-methyl/N-ethyl adjacent to an activating group) is 1. The topological polar surface area (TPSA) is 50.8 Å². The van der Waals surface area contributed by atoms with E-state index in [1.165, 1.54) is 18.4 Å². The smallest absolute Gasteiger partial charge is 0.412 e. The molecule has 0 bridgehead atoms. The fourth-order valence-electron chi connectivity index (χ4n) is 4.56. The maximum absolute atomic E-state index is 12.2. The third kappa shape index (κ3) is 9.60. The first-order valence-corrected chi connectivity index (χ1v) is 14.3. The number of amides is 1. The van der Waals surface area contributed by atoms with Crippen LogP contribution in [0, 0.1) is 0 Å². The van der Waals surface area contributed by atoms with E-state index in [0.717, 1.165) is 60.5 Å². The van der Waals surface area contributed by atoms with Crippen molar-refractivity contribution in [1.82, 2.24) is 10.2 Å². The lowest BCUT2D eigenvalue weighted by molar-refractivity contribution is 0.200. The monoisotopic (exact) mass is 528 g/mol. The molecule has 0 saturated carbocycles. The van der Waals surface area contributed by atoms with Gasteiger partial charge >= 0.3 is 6.09 Å². The second-order valence-electron chi connectivity index (χ2n) is 9.67. The normalized spacial score (nSPS) is 11.7. The predicted molar refractivity (Wildman–Crippen MR) is 162 cm³/mol. The van der Waals surface area contributed by atoms with Gasteiger partial charge in [0, 0.05) is 13.1 Å². The Hall–Kier alpha value is -3.57. The number of hydrogen-bond donors (Lipinski definition) is 1. The predicted octanol–water partition coefficient (Wildman–Crippen LogP) is 8.05. The molecule has 3 aromatic rings. The van der Waals surface area contributed by atoms with Crippen LogP contribution in [0.25, 0.3) is 11.1 Å². The van der Waals surface area contributed by atoms with Crippen molar-refractivity contribution in [3.05, 3.63) is 95.6 Å². The van der Waals surface area contributed by atoms with Crippen LogP contribution in [-0.2, 0) is 0 Å². The highest BCUT2D eigenvalue weighted by Gasteiger charge is 2.13. The molecule has 39 heavy (non-hydrogen) atoms. The van der Waals surface area contributed by atoms with Gasteiger partial charge < -0.3 is 19.7 Å². The summed E-state index contributed by atoms with van der Waals surface area (Å²) in [7, 11) is 0. The van der Waals surface area contributed by atoms with E-state index in [1.54, 1.807) is 0 Å². The standard InChI is InChI=1S/C34H44N2O3/c1-5-8-9-13-24-35-34(37)39-32-22-18-30(19-23-32)33(27(4)28-14-11-10-12-15-28)29-16-20-31(21-17-29)38-26-25-36(6-2)7-3/h10-12,14-23H,5-9,13,24-26H2,1-4H3,(H,35,37)/b33-27+. The Morgan fingerprint density at radius 3 is 1.95 bits per heavy atom. The number of carbonyl (C=O) groups is 1. The molecule has 3 rings (SSSR count). The second-order valence-corrected chi connectivity index (χ2v) is 9.67. The maximum atomic E-state index is 12.2. The number of rotatable bonds is 15. The van der Waals surface area contributed by atoms with Gasteiger partial charge in [-0.1, -0.05) is 94.6 Å². The van der Waals surface area contributed by atoms with Gasteiger partial charge in [0.2, 0.25) is 0 Å². The Balaban J connectivity index is 1.76. The third-order valence-electron chi connectivity index (χ3n) is 6.95. The van der Waals surface area contributed by atoms with Crippen LogP contribution in [0.1, 0.15) is 70.1 Å². The van der Waals surface area contributed by atoms with Gasteiger partial charge in [-0.05, 0) is 78.5 Å². The summed E-state index contributed by atoms with van der Waals surface area (Å²) >= 11 is 0. The van der Waals surface area contributed by atoms with Crippen LogP contribution in [0.4, 0.5) is 4.79 Å². The summed E-state index contributed by atoms with van der Waals surface area (Å²) in [5.74, 6) is 1.39. The Morgan fingerprint density at radius 1 is 0.744 bits per heavy atom. The van der Waals surface area contributed by atoms with Crippen LogP contribution < -0.4 is 14.8 Å². The molecule has 0 aliphatic rings. The van der Waals surface area contributed by atoms with E-state index < -0.39 is 6.09 Å². The van der Waals surface area contributed by atoms with Gasteiger partial charge in [0.15, 0.2) is 0 Å². The molecule has 0 aromatic heterocycles. The first kappa shape index (κ1) is 30.0. The first-order chi connectivity index (χ1) is 19.0. The van der Waals surface area contributed by atoms with Gasteiger partial charge in [0.1, 0.15) is 18.1 Å². The number of carbonyl (C=O) groups excluding carboxylic acids is 1. The van der Waals surface area contributed by atoms with Crippen molar-refractivity contribution in [2.45, 2.75) is 53.4 Å². The molecule has 208 valence electrons. The number of unbranched alkanes of at least 4 members (excludes halogenated alkanes) is 3. The molecule has 5 heteroatoms. The van der Waals surface area contributed by atoms with Crippen molar-refractivity contribution in [2.75, 3.05) is 32.8 Å². The lowest BCUT2D eigenvalue weighted by Crippen LogP contribution is -2.27. The highest BCUT2D eigenvalue weighted by atomic mass is 16.6. The van der Waals surface area contributed by atoms with Gasteiger partial charge in [0.25, 0.3) is 0 Å². The molecule has 5 nitrogen and oxygen atoms in total. The lowest BCUT2D eigenvalue weighted by Gasteiger charge is -2.18. The molecule has 0 fully saturated rings. The minimum absolute atomic E-state index is 0.410. The molecular weight excluding hydrogens is 484 g/mol. The number of nitrogens with one attached hydrogen (secondary N) is 1. The molecule has 1 N–H and O–H groups in total. The number of hydrogen-bond acceptors (Lipinski definition) is 4. The summed E-state index contributed by atoms with van der Waals surface area (Å²) in [6.45, 7) is 12.9. The molecule has 0 aliphatic heterocycles. The molecule has 0 spiro atoms. The van der Waals surface area contributed by atoms with Crippen LogP contribution in [0.15, 0.2) is 78.9 Å². The number of allylic oxidation sites excluding steroid dienone is 1. The highest BCUT2D eigenvalue weighted by molar-refractivity contribution is 5.98. The molecule has 0 radical (unpaired) electrons. The van der Waals surface area contributed by atoms with Crippen molar-refractivity contribution in [1.29, 1.82) is 0 Å². The summed E-state index contributed by atoms with van der Waals surface area (Å²) in [5, 5.41) is 2.84. The quantitative estimate of drug-likeness (QED) is 0.160. The van der Waals surface area contributed by atoms with Crippen LogP contribution in [-0.4, -0.2) is 43.8 Å². The Bertz CT molecular complexity index is 1150. The van der Waals surface area contributed by atoms with E-state index in [2.05, 4.69) is 74.3 Å². The minimum Gasteiger partial charge on any atom is -0.492 e. The van der Waals surface area contributed by atoms with Gasteiger partial charge in [-0.15, -0.1) is 0 Å². The first-order valence-electron chi connectivity index (χ1n) is 14.3. The fourth-order valence-corrected chi connectivity index (χ4v) is 4.56. The largest absolute Gasteiger partial charge is 0.492 e. The van der Waals surface area contributed by atoms with Gasteiger partial charge in [-0.2, -0.15) is 0 Å². The van der Waals surface area contributed by atoms with E-state index in [0.29, 0.717) is 18.9 Å². The number of benzene rings is 3. The molecule has 0 aliphatic carbocycles. The lowest BCUT2D eigenvalue weighted by atomic mass is 9.90. The third-order valence-corrected chi connectivity index (χ3v) is 6.95. The molecule has 0 heterocycles. The van der Waals surface area contributed by atoms with E-state index >= 15 is 0 Å². The van der Waals surface area contributed by atoms with Gasteiger partial charge in [-0.3, -0.25) is 0 Å². The van der Waals surface area contributed by atoms with Crippen LogP contribution >= 0.6 is 0 Å². The highest BCUT2D eigenvalue weighted by Crippen LogP contribution is 2.33. The van der Waals surface area contributed by atoms with Crippen molar-refractivity contribution in [3.8, 4) is 11.5 Å². The SMILES string of the molecule is CCCCCCNC(=O)Oc1ccc(/C(=C(\C)c2ccccc2)c2ccc(OCCN(CC)CC)cc2)cc1. The summed E-state index contributed by atoms with van der Waals surface area (Å²) in [6, 6.07) is 26.4. The summed E-state index contributed by atoms with van der Waals surface area (Å²) in [6.07, 6.45) is 4.03. The van der Waals surface area contributed by atoms with Crippen molar-refractivity contribution < 1.29 is 14.3 Å². The van der Waals surface area contributed by atoms with Crippen LogP contribution in [0.2, 0.25) is 0 Å². The van der Waals surface area contributed by atoms with Crippen LogP contribution in [0.3, 0.4) is 0 Å². The van der Waals surface area contributed by atoms with E-state index in [9.17, 15) is 4.79 Å². The zero-order chi connectivity index (χ0) is 27.9. The molecule has 3 aromatic carbocycles. The van der Waals surface area contributed by atoms with Gasteiger partial charge in [-0.25, -0.2) is 4.79 Å². The average molecular weight is 529 g/mol. The van der Waals surface area contributed by atoms with E-state index in [-0.39, 0.29) is 0 Å². The molecule has 0 unspecified atom stereocenters. The summed E-state index contributed by atoms with van der Waals surface area (Å²) < 4.78 is 11.5. The zero-order valence-corrected chi connectivity index (χ0v) is 24.0. The number of ether oxygens (including phenoxy) is 2. The average Bonchev–Trinajstić information content (AvgIpc) is 2.97. The zero-order valence-electron chi connectivity index (χ0n) is 24.0. The molecule has 0 saturated heterocycles. The summed E-state index contributed by atoms with van der Waals surface area (Å²) in [4.78, 5) is 14.6. The molecule has 1 amide bonds. The Labute approximate surface area is 234 Å². The summed E-state index contributed by atoms with van der Waals surface area (Å²) in [5.41, 5.74) is 5.62. The molecule has 0 atom stereocenters. The Morgan fingerprint density at radius 2 is 1.36 bits per heavy atom. The maximum Gasteiger partial charge on any atom is 0.412 e. The number of nitrogens with zero attached hydrogens (tertiary/aromatic N) is 1. The fraction of sp³-hybridized carbons (Fsp3) is 0.382. The second kappa shape index (κ2) is 16.4. The molecular formula is C34H44N2O3. The Kier molecular flexibility index (Phi) is 12.6. The van der Waals surface area contributed by atoms with E-state index in [4.69, 9.17) is 9.47 Å². The van der Waals surface area contributed by atoms with Crippen molar-refractivity contribution in [2.24, 2.45) is 0 Å². The minimum atomic E-state index is -0.410.